The van der Waals surface area contributed by atoms with Gasteiger partial charge in [-0.2, -0.15) is 0 Å². The second-order valence-electron chi connectivity index (χ2n) is 6.47. The number of ketones is 1. The van der Waals surface area contributed by atoms with Gasteiger partial charge in [0, 0.05) is 29.9 Å². The van der Waals surface area contributed by atoms with E-state index in [1.54, 1.807) is 12.1 Å². The number of hydrogen-bond acceptors (Lipinski definition) is 6. The highest BCUT2D eigenvalue weighted by molar-refractivity contribution is 5.86. The number of methoxy groups -OCH3 is 1. The molecule has 3 aliphatic rings. The first-order valence-electron chi connectivity index (χ1n) is 7.72. The summed E-state index contributed by atoms with van der Waals surface area (Å²) in [5.41, 5.74) is 0.499. The van der Waals surface area contributed by atoms with Crippen LogP contribution < -0.4 is 9.47 Å². The number of rotatable bonds is 2. The van der Waals surface area contributed by atoms with Crippen molar-refractivity contribution in [3.8, 4) is 11.5 Å². The van der Waals surface area contributed by atoms with Gasteiger partial charge in [-0.15, -0.1) is 0 Å². The number of carbonyl (C=O) groups is 2. The lowest BCUT2D eigenvalue weighted by Gasteiger charge is -2.40. The molecule has 0 amide bonds. The van der Waals surface area contributed by atoms with E-state index < -0.39 is 23.9 Å². The number of aliphatic hydroxyl groups is 1. The van der Waals surface area contributed by atoms with Crippen LogP contribution >= 0.6 is 0 Å². The van der Waals surface area contributed by atoms with Crippen molar-refractivity contribution in [1.29, 1.82) is 0 Å². The minimum Gasteiger partial charge on any atom is -0.493 e. The standard InChI is InChI=1S/C17H18O6/c1-8-16(20)23-13-6-10(19)5-12-17(8,13)14-9(7-18)3-4-11(21-2)15(14)22-12/h3-4,7-8,12-13,16,20H,5-6H2,1-2H3/t8-,12-,13-,16?,17-/m0/s1. The monoisotopic (exact) mass is 318 g/mol. The second-order valence-corrected chi connectivity index (χ2v) is 6.47. The molecule has 2 heterocycles. The first-order chi connectivity index (χ1) is 11.0. The van der Waals surface area contributed by atoms with E-state index in [1.165, 1.54) is 7.11 Å². The molecule has 4 rings (SSSR count). The summed E-state index contributed by atoms with van der Waals surface area (Å²) in [6.07, 6.45) is -0.696. The molecule has 0 aromatic heterocycles. The fourth-order valence-corrected chi connectivity index (χ4v) is 4.54. The van der Waals surface area contributed by atoms with E-state index in [9.17, 15) is 14.7 Å². The summed E-state index contributed by atoms with van der Waals surface area (Å²) in [7, 11) is 1.53. The molecule has 1 saturated carbocycles. The first-order valence-corrected chi connectivity index (χ1v) is 7.72. The zero-order valence-electron chi connectivity index (χ0n) is 12.9. The highest BCUT2D eigenvalue weighted by Crippen LogP contribution is 2.61. The lowest BCUT2D eigenvalue weighted by atomic mass is 9.60. The fraction of sp³-hybridized carbons (Fsp3) is 0.529. The van der Waals surface area contributed by atoms with Crippen LogP contribution in [0, 0.1) is 5.92 Å². The van der Waals surface area contributed by atoms with Crippen LogP contribution in [0.25, 0.3) is 0 Å². The van der Waals surface area contributed by atoms with Gasteiger partial charge < -0.3 is 19.3 Å². The van der Waals surface area contributed by atoms with Crippen LogP contribution in [0.4, 0.5) is 0 Å². The Hall–Kier alpha value is -1.92. The number of aldehydes is 1. The molecule has 122 valence electrons. The summed E-state index contributed by atoms with van der Waals surface area (Å²) in [5.74, 6) is 0.759. The van der Waals surface area contributed by atoms with Crippen LogP contribution in [0.1, 0.15) is 35.7 Å². The Bertz CT molecular complexity index is 699. The Balaban J connectivity index is 2.01. The van der Waals surface area contributed by atoms with Gasteiger partial charge in [-0.1, -0.05) is 6.92 Å². The summed E-state index contributed by atoms with van der Waals surface area (Å²) >= 11 is 0. The minimum absolute atomic E-state index is 0.0383. The fourth-order valence-electron chi connectivity index (χ4n) is 4.54. The molecule has 6 nitrogen and oxygen atoms in total. The third-order valence-electron chi connectivity index (χ3n) is 5.57. The average Bonchev–Trinajstić information content (AvgIpc) is 3.00. The van der Waals surface area contributed by atoms with Crippen molar-refractivity contribution in [2.45, 2.75) is 43.7 Å². The zero-order chi connectivity index (χ0) is 16.4. The molecule has 0 bridgehead atoms. The molecule has 2 fully saturated rings. The molecular weight excluding hydrogens is 300 g/mol. The summed E-state index contributed by atoms with van der Waals surface area (Å²) in [5, 5.41) is 10.3. The van der Waals surface area contributed by atoms with Crippen molar-refractivity contribution >= 4 is 12.1 Å². The van der Waals surface area contributed by atoms with E-state index in [0.717, 1.165) is 6.29 Å². The molecule has 5 atom stereocenters. The number of Topliss-reactive ketones (excluding diaryl/α,β-unsaturated/α-hetero) is 1. The molecule has 1 N–H and O–H groups in total. The summed E-state index contributed by atoms with van der Waals surface area (Å²) < 4.78 is 17.1. The molecule has 1 aromatic rings. The second kappa shape index (κ2) is 4.79. The Labute approximate surface area is 133 Å². The van der Waals surface area contributed by atoms with Crippen molar-refractivity contribution in [3.63, 3.8) is 0 Å². The lowest BCUT2D eigenvalue weighted by molar-refractivity contribution is -0.136. The normalized spacial score (nSPS) is 37.6. The first kappa shape index (κ1) is 14.7. The summed E-state index contributed by atoms with van der Waals surface area (Å²) in [4.78, 5) is 23.7. The molecule has 1 aliphatic carbocycles. The number of fused-ring (bicyclic) bond motifs is 1. The summed E-state index contributed by atoms with van der Waals surface area (Å²) in [6, 6.07) is 3.38. The third-order valence-corrected chi connectivity index (χ3v) is 5.57. The molecule has 6 heteroatoms. The molecular formula is C17H18O6. The number of aliphatic hydroxyl groups excluding tert-OH is 1. The predicted octanol–water partition coefficient (Wildman–Crippen LogP) is 1.22. The highest BCUT2D eigenvalue weighted by Gasteiger charge is 2.67. The summed E-state index contributed by atoms with van der Waals surface area (Å²) in [6.45, 7) is 1.87. The van der Waals surface area contributed by atoms with E-state index in [4.69, 9.17) is 14.2 Å². The van der Waals surface area contributed by atoms with Crippen LogP contribution in [0.5, 0.6) is 11.5 Å². The van der Waals surface area contributed by atoms with Gasteiger partial charge in [-0.05, 0) is 12.1 Å². The Morgan fingerprint density at radius 1 is 1.35 bits per heavy atom. The average molecular weight is 318 g/mol. The number of carbonyl (C=O) groups excluding carboxylic acids is 2. The SMILES string of the molecule is COc1ccc(C=O)c2c1O[C@H]1CC(=O)C[C@@H]3OC(O)[C@H](C)[C@]213. The Kier molecular flexibility index (Phi) is 3.05. The van der Waals surface area contributed by atoms with Crippen LogP contribution in [-0.2, 0) is 14.9 Å². The number of ether oxygens (including phenoxy) is 3. The van der Waals surface area contributed by atoms with E-state index in [2.05, 4.69) is 0 Å². The van der Waals surface area contributed by atoms with Gasteiger partial charge in [0.25, 0.3) is 0 Å². The molecule has 1 saturated heterocycles. The van der Waals surface area contributed by atoms with Gasteiger partial charge in [0.15, 0.2) is 17.8 Å². The molecule has 23 heavy (non-hydrogen) atoms. The third kappa shape index (κ3) is 1.65. The van der Waals surface area contributed by atoms with E-state index in [0.29, 0.717) is 22.6 Å². The van der Waals surface area contributed by atoms with Crippen molar-refractivity contribution < 1.29 is 28.9 Å². The highest BCUT2D eigenvalue weighted by atomic mass is 16.6. The van der Waals surface area contributed by atoms with Crippen molar-refractivity contribution in [2.24, 2.45) is 5.92 Å². The van der Waals surface area contributed by atoms with Gasteiger partial charge in [0.1, 0.15) is 18.2 Å². The van der Waals surface area contributed by atoms with Crippen LogP contribution in [0.2, 0.25) is 0 Å². The van der Waals surface area contributed by atoms with Crippen LogP contribution in [0.3, 0.4) is 0 Å². The van der Waals surface area contributed by atoms with E-state index >= 15 is 0 Å². The zero-order valence-corrected chi connectivity index (χ0v) is 12.9. The molecule has 2 aliphatic heterocycles. The van der Waals surface area contributed by atoms with E-state index in [-0.39, 0.29) is 24.5 Å². The van der Waals surface area contributed by atoms with E-state index in [1.807, 2.05) is 6.92 Å². The van der Waals surface area contributed by atoms with Gasteiger partial charge in [0.05, 0.1) is 18.6 Å². The topological polar surface area (TPSA) is 82.1 Å². The van der Waals surface area contributed by atoms with Crippen molar-refractivity contribution in [1.82, 2.24) is 0 Å². The van der Waals surface area contributed by atoms with Gasteiger partial charge in [0.2, 0.25) is 0 Å². The van der Waals surface area contributed by atoms with Crippen molar-refractivity contribution in [2.75, 3.05) is 7.11 Å². The maximum absolute atomic E-state index is 12.1. The largest absolute Gasteiger partial charge is 0.493 e. The van der Waals surface area contributed by atoms with Crippen LogP contribution in [-0.4, -0.2) is 42.8 Å². The number of benzene rings is 1. The minimum atomic E-state index is -0.992. The van der Waals surface area contributed by atoms with Crippen molar-refractivity contribution in [3.05, 3.63) is 23.3 Å². The van der Waals surface area contributed by atoms with Gasteiger partial charge in [-0.25, -0.2) is 0 Å². The maximum Gasteiger partial charge on any atom is 0.166 e. The maximum atomic E-state index is 12.1. The van der Waals surface area contributed by atoms with Gasteiger partial charge in [-0.3, -0.25) is 9.59 Å². The quantitative estimate of drug-likeness (QED) is 0.826. The smallest absolute Gasteiger partial charge is 0.166 e. The number of hydrogen-bond donors (Lipinski definition) is 1. The lowest BCUT2D eigenvalue weighted by Crippen LogP contribution is -2.54. The molecule has 1 aromatic carbocycles. The van der Waals surface area contributed by atoms with Gasteiger partial charge >= 0.3 is 0 Å². The molecule has 1 spiro atoms. The Morgan fingerprint density at radius 2 is 2.09 bits per heavy atom. The van der Waals surface area contributed by atoms with Crippen LogP contribution in [0.15, 0.2) is 12.1 Å². The Morgan fingerprint density at radius 3 is 2.78 bits per heavy atom. The molecule has 1 unspecified atom stereocenters. The molecule has 0 radical (unpaired) electrons. The predicted molar refractivity (Wildman–Crippen MR) is 78.8 cm³/mol.